The lowest BCUT2D eigenvalue weighted by Crippen LogP contribution is -2.31. The van der Waals surface area contributed by atoms with Crippen LogP contribution in [0, 0.1) is 28.6 Å². The summed E-state index contributed by atoms with van der Waals surface area (Å²) >= 11 is 0. The summed E-state index contributed by atoms with van der Waals surface area (Å²) in [6, 6.07) is 0. The van der Waals surface area contributed by atoms with E-state index in [2.05, 4.69) is 41.2 Å². The fourth-order valence-electron chi connectivity index (χ4n) is 6.09. The summed E-state index contributed by atoms with van der Waals surface area (Å²) in [5.74, 6) is 2.68. The van der Waals surface area contributed by atoms with Crippen LogP contribution in [0.1, 0.15) is 73.1 Å². The summed E-state index contributed by atoms with van der Waals surface area (Å²) in [4.78, 5) is 0. The average Bonchev–Trinajstić information content (AvgIpc) is 2.78. The molecule has 20 heavy (non-hydrogen) atoms. The van der Waals surface area contributed by atoms with Crippen LogP contribution in [0.4, 0.5) is 0 Å². The molecule has 5 atom stereocenters. The van der Waals surface area contributed by atoms with Gasteiger partial charge in [0.25, 0.3) is 0 Å². The topological polar surface area (TPSA) is 0 Å². The number of rotatable bonds is 3. The van der Waals surface area contributed by atoms with Crippen molar-refractivity contribution in [1.29, 1.82) is 0 Å². The van der Waals surface area contributed by atoms with Crippen LogP contribution in [0.5, 0.6) is 0 Å². The third-order valence-electron chi connectivity index (χ3n) is 7.30. The normalized spacial score (nSPS) is 46.8. The van der Waals surface area contributed by atoms with E-state index in [1.54, 1.807) is 5.57 Å². The van der Waals surface area contributed by atoms with Gasteiger partial charge in [0.2, 0.25) is 0 Å². The molecule has 0 heteroatoms. The van der Waals surface area contributed by atoms with Gasteiger partial charge < -0.3 is 0 Å². The molecule has 0 aromatic rings. The van der Waals surface area contributed by atoms with E-state index in [1.165, 1.54) is 44.1 Å². The second kappa shape index (κ2) is 4.49. The van der Waals surface area contributed by atoms with Crippen molar-refractivity contribution in [2.45, 2.75) is 73.1 Å². The van der Waals surface area contributed by atoms with Crippen molar-refractivity contribution in [3.8, 4) is 0 Å². The first-order valence-electron chi connectivity index (χ1n) is 8.69. The van der Waals surface area contributed by atoms with Gasteiger partial charge in [-0.1, -0.05) is 50.5 Å². The summed E-state index contributed by atoms with van der Waals surface area (Å²) in [5, 5.41) is 0. The van der Waals surface area contributed by atoms with E-state index in [0.29, 0.717) is 10.8 Å². The highest BCUT2D eigenvalue weighted by molar-refractivity contribution is 5.40. The molecule has 112 valence electrons. The average molecular weight is 272 g/mol. The minimum Gasteiger partial charge on any atom is -0.0998 e. The van der Waals surface area contributed by atoms with Crippen molar-refractivity contribution in [2.24, 2.45) is 28.6 Å². The molecule has 1 unspecified atom stereocenters. The summed E-state index contributed by atoms with van der Waals surface area (Å²) < 4.78 is 0. The maximum Gasteiger partial charge on any atom is -0.00480 e. The highest BCUT2D eigenvalue weighted by atomic mass is 14.7. The second-order valence-corrected chi connectivity index (χ2v) is 8.50. The molecule has 0 N–H and O–H groups in total. The molecule has 0 saturated heterocycles. The van der Waals surface area contributed by atoms with Crippen LogP contribution in [0.25, 0.3) is 0 Å². The molecular weight excluding hydrogens is 240 g/mol. The van der Waals surface area contributed by atoms with Crippen molar-refractivity contribution in [3.63, 3.8) is 0 Å². The Labute approximate surface area is 125 Å². The first-order chi connectivity index (χ1) is 9.34. The summed E-state index contributed by atoms with van der Waals surface area (Å²) in [5.41, 5.74) is 6.11. The van der Waals surface area contributed by atoms with Crippen LogP contribution < -0.4 is 0 Å². The number of fused-ring (bicyclic) bond motifs is 1. The zero-order chi connectivity index (χ0) is 14.7. The van der Waals surface area contributed by atoms with Gasteiger partial charge in [-0.15, -0.1) is 0 Å². The Hall–Kier alpha value is -0.520. The number of allylic oxidation sites excluding steroid dienone is 3. The molecule has 2 fully saturated rings. The Bertz CT molecular complexity index is 468. The molecule has 0 spiro atoms. The van der Waals surface area contributed by atoms with Crippen molar-refractivity contribution in [3.05, 3.63) is 23.3 Å². The maximum absolute atomic E-state index is 4.37. The molecule has 0 bridgehead atoms. The third-order valence-corrected chi connectivity index (χ3v) is 7.30. The van der Waals surface area contributed by atoms with Crippen LogP contribution in [-0.2, 0) is 0 Å². The molecule has 0 aliphatic heterocycles. The van der Waals surface area contributed by atoms with E-state index in [0.717, 1.165) is 17.8 Å². The summed E-state index contributed by atoms with van der Waals surface area (Å²) in [6.07, 6.45) is 8.21. The molecule has 0 heterocycles. The van der Waals surface area contributed by atoms with Crippen LogP contribution >= 0.6 is 0 Å². The lowest BCUT2D eigenvalue weighted by molar-refractivity contribution is 0.149. The largest absolute Gasteiger partial charge is 0.0998 e. The minimum atomic E-state index is 0.484. The van der Waals surface area contributed by atoms with E-state index < -0.39 is 0 Å². The molecule has 3 aliphatic rings. The molecule has 0 aromatic heterocycles. The lowest BCUT2D eigenvalue weighted by Gasteiger charge is -2.42. The van der Waals surface area contributed by atoms with Crippen molar-refractivity contribution >= 4 is 0 Å². The van der Waals surface area contributed by atoms with Gasteiger partial charge in [-0.25, -0.2) is 0 Å². The third kappa shape index (κ3) is 1.79. The quantitative estimate of drug-likeness (QED) is 0.541. The van der Waals surface area contributed by atoms with Crippen molar-refractivity contribution in [2.75, 3.05) is 0 Å². The Balaban J connectivity index is 1.94. The van der Waals surface area contributed by atoms with Gasteiger partial charge in [-0.2, -0.15) is 0 Å². The fraction of sp³-hybridized carbons (Fsp3) is 0.800. The van der Waals surface area contributed by atoms with Crippen molar-refractivity contribution < 1.29 is 0 Å². The van der Waals surface area contributed by atoms with Gasteiger partial charge in [0.15, 0.2) is 0 Å². The Morgan fingerprint density at radius 1 is 1.30 bits per heavy atom. The summed E-state index contributed by atoms with van der Waals surface area (Å²) in [6.45, 7) is 16.5. The van der Waals surface area contributed by atoms with E-state index in [4.69, 9.17) is 0 Å². The van der Waals surface area contributed by atoms with E-state index in [1.807, 2.05) is 5.57 Å². The van der Waals surface area contributed by atoms with Crippen LogP contribution in [-0.4, -0.2) is 0 Å². The smallest absolute Gasteiger partial charge is 0.00480 e. The molecule has 3 aliphatic carbocycles. The van der Waals surface area contributed by atoms with Gasteiger partial charge in [-0.3, -0.25) is 0 Å². The van der Waals surface area contributed by atoms with Gasteiger partial charge >= 0.3 is 0 Å². The highest BCUT2D eigenvalue weighted by Crippen LogP contribution is 2.74. The standard InChI is InChI=1S/C20H32/c1-7-9-19(5)10-8-15-14(4)11-17-18(20(15,17)6)12-16(19)13(2)3/h16-18H,2,7-12H2,1,3-6H3/t16-,17?,18-,19+,20+/m1/s1. The monoisotopic (exact) mass is 272 g/mol. The Kier molecular flexibility index (Phi) is 3.23. The van der Waals surface area contributed by atoms with Gasteiger partial charge in [0, 0.05) is 0 Å². The van der Waals surface area contributed by atoms with Crippen LogP contribution in [0.15, 0.2) is 23.3 Å². The number of hydrogen-bond donors (Lipinski definition) is 0. The zero-order valence-electron chi connectivity index (χ0n) is 14.2. The van der Waals surface area contributed by atoms with Gasteiger partial charge in [0.05, 0.1) is 0 Å². The van der Waals surface area contributed by atoms with Gasteiger partial charge in [0.1, 0.15) is 0 Å². The molecule has 0 amide bonds. The maximum atomic E-state index is 4.37. The van der Waals surface area contributed by atoms with Gasteiger partial charge in [-0.05, 0) is 74.5 Å². The lowest BCUT2D eigenvalue weighted by atomic mass is 9.63. The Morgan fingerprint density at radius 2 is 2.00 bits per heavy atom. The van der Waals surface area contributed by atoms with Crippen LogP contribution in [0.3, 0.4) is 0 Å². The zero-order valence-corrected chi connectivity index (χ0v) is 14.2. The fourth-order valence-corrected chi connectivity index (χ4v) is 6.09. The minimum absolute atomic E-state index is 0.484. The predicted octanol–water partition coefficient (Wildman–Crippen LogP) is 6.14. The van der Waals surface area contributed by atoms with E-state index in [-0.39, 0.29) is 0 Å². The predicted molar refractivity (Wildman–Crippen MR) is 87.6 cm³/mol. The van der Waals surface area contributed by atoms with Crippen LogP contribution in [0.2, 0.25) is 0 Å². The second-order valence-electron chi connectivity index (χ2n) is 8.50. The summed E-state index contributed by atoms with van der Waals surface area (Å²) in [7, 11) is 0. The first-order valence-corrected chi connectivity index (χ1v) is 8.69. The first kappa shape index (κ1) is 14.4. The number of hydrogen-bond acceptors (Lipinski definition) is 0. The van der Waals surface area contributed by atoms with E-state index in [9.17, 15) is 0 Å². The molecular formula is C20H32. The van der Waals surface area contributed by atoms with E-state index >= 15 is 0 Å². The molecule has 0 radical (unpaired) electrons. The molecule has 3 rings (SSSR count). The molecule has 0 aromatic carbocycles. The van der Waals surface area contributed by atoms with Crippen molar-refractivity contribution in [1.82, 2.24) is 0 Å². The Morgan fingerprint density at radius 3 is 2.60 bits per heavy atom. The SMILES string of the molecule is C=C(C)[C@H]1C[C@@H]2C3CC(C)=C(CC[C@]1(C)CCC)[C@@]32C. The molecule has 0 nitrogen and oxygen atoms in total. The molecule has 2 saturated carbocycles. The highest BCUT2D eigenvalue weighted by Gasteiger charge is 2.66.